The SMILES string of the molecule is O=C(Nc1ccc(F)cc1F)N[C@@H](c1ccc(C(F)(F)F)cc1)c1ncccc1C(F)(F)F. The summed E-state index contributed by atoms with van der Waals surface area (Å²) < 4.78 is 106. The fraction of sp³-hybridized carbons (Fsp3) is 0.143. The molecule has 0 spiro atoms. The lowest BCUT2D eigenvalue weighted by Gasteiger charge is -2.23. The standard InChI is InChI=1S/C21H13F8N3O/c22-13-7-8-16(15(23)10-13)31-19(33)32-17(11-3-5-12(6-4-11)20(24,25)26)18-14(21(27,28)29)2-1-9-30-18/h1-10,17H,(H2,31,32,33)/t17-/m0/s1. The smallest absolute Gasteiger partial charge is 0.325 e. The van der Waals surface area contributed by atoms with Gasteiger partial charge in [-0.2, -0.15) is 26.3 Å². The van der Waals surface area contributed by atoms with Crippen molar-refractivity contribution >= 4 is 11.7 Å². The van der Waals surface area contributed by atoms with E-state index in [-0.39, 0.29) is 5.56 Å². The van der Waals surface area contributed by atoms with E-state index >= 15 is 0 Å². The first-order chi connectivity index (χ1) is 15.4. The molecule has 33 heavy (non-hydrogen) atoms. The zero-order chi connectivity index (χ0) is 24.4. The number of carbonyl (C=O) groups excluding carboxylic acids is 1. The molecule has 174 valence electrons. The van der Waals surface area contributed by atoms with Crippen LogP contribution in [0.1, 0.15) is 28.4 Å². The Balaban J connectivity index is 2.00. The molecule has 0 aliphatic carbocycles. The van der Waals surface area contributed by atoms with Gasteiger partial charge in [0.25, 0.3) is 0 Å². The number of anilines is 1. The molecular weight excluding hydrogens is 462 g/mol. The van der Waals surface area contributed by atoms with Crippen LogP contribution in [0.4, 0.5) is 45.6 Å². The Labute approximate surface area is 181 Å². The maximum atomic E-state index is 13.8. The number of nitrogens with zero attached hydrogens (tertiary/aromatic N) is 1. The number of hydrogen-bond acceptors (Lipinski definition) is 2. The average molecular weight is 475 g/mol. The van der Waals surface area contributed by atoms with Gasteiger partial charge in [-0.1, -0.05) is 12.1 Å². The first kappa shape index (κ1) is 24.0. The van der Waals surface area contributed by atoms with Gasteiger partial charge in [0.05, 0.1) is 28.6 Å². The summed E-state index contributed by atoms with van der Waals surface area (Å²) in [4.78, 5) is 16.1. The van der Waals surface area contributed by atoms with Crippen molar-refractivity contribution in [2.75, 3.05) is 5.32 Å². The summed E-state index contributed by atoms with van der Waals surface area (Å²) >= 11 is 0. The first-order valence-corrected chi connectivity index (χ1v) is 9.08. The van der Waals surface area contributed by atoms with Crippen LogP contribution in [0.25, 0.3) is 0 Å². The fourth-order valence-electron chi connectivity index (χ4n) is 2.94. The molecule has 12 heteroatoms. The minimum atomic E-state index is -4.89. The molecule has 2 aromatic carbocycles. The Kier molecular flexibility index (Phi) is 6.56. The maximum Gasteiger partial charge on any atom is 0.418 e. The van der Waals surface area contributed by atoms with Gasteiger partial charge in [0.1, 0.15) is 11.6 Å². The van der Waals surface area contributed by atoms with Crippen molar-refractivity contribution in [2.24, 2.45) is 0 Å². The predicted molar refractivity (Wildman–Crippen MR) is 101 cm³/mol. The van der Waals surface area contributed by atoms with Gasteiger partial charge in [-0.15, -0.1) is 0 Å². The highest BCUT2D eigenvalue weighted by atomic mass is 19.4. The van der Waals surface area contributed by atoms with E-state index in [1.807, 2.05) is 5.32 Å². The van der Waals surface area contributed by atoms with Crippen molar-refractivity contribution in [3.05, 3.63) is 94.8 Å². The van der Waals surface area contributed by atoms with Crippen LogP contribution >= 0.6 is 0 Å². The lowest BCUT2D eigenvalue weighted by atomic mass is 9.98. The molecule has 0 bridgehead atoms. The molecule has 0 fully saturated rings. The number of aromatic nitrogens is 1. The molecule has 0 saturated heterocycles. The van der Waals surface area contributed by atoms with E-state index in [1.165, 1.54) is 0 Å². The number of amides is 2. The second kappa shape index (κ2) is 9.04. The van der Waals surface area contributed by atoms with Crippen LogP contribution in [0.15, 0.2) is 60.8 Å². The molecule has 0 unspecified atom stereocenters. The lowest BCUT2D eigenvalue weighted by Crippen LogP contribution is -2.35. The monoisotopic (exact) mass is 475 g/mol. The van der Waals surface area contributed by atoms with E-state index in [9.17, 15) is 39.9 Å². The molecule has 4 nitrogen and oxygen atoms in total. The molecule has 1 heterocycles. The highest BCUT2D eigenvalue weighted by molar-refractivity contribution is 5.89. The number of carbonyl (C=O) groups is 1. The molecule has 2 amide bonds. The maximum absolute atomic E-state index is 13.8. The molecule has 3 aromatic rings. The van der Waals surface area contributed by atoms with E-state index in [4.69, 9.17) is 0 Å². The van der Waals surface area contributed by atoms with Crippen molar-refractivity contribution in [1.82, 2.24) is 10.3 Å². The Bertz CT molecular complexity index is 1140. The van der Waals surface area contributed by atoms with Crippen molar-refractivity contribution in [1.29, 1.82) is 0 Å². The van der Waals surface area contributed by atoms with Crippen LogP contribution in [0.2, 0.25) is 0 Å². The van der Waals surface area contributed by atoms with Crippen LogP contribution in [0.3, 0.4) is 0 Å². The third-order valence-electron chi connectivity index (χ3n) is 4.44. The number of urea groups is 1. The van der Waals surface area contributed by atoms with Crippen molar-refractivity contribution in [3.8, 4) is 0 Å². The van der Waals surface area contributed by atoms with Gasteiger partial charge in [-0.25, -0.2) is 13.6 Å². The number of halogens is 8. The summed E-state index contributed by atoms with van der Waals surface area (Å²) in [5.74, 6) is -2.07. The minimum absolute atomic E-state index is 0.151. The normalized spacial score (nSPS) is 12.8. The number of hydrogen-bond donors (Lipinski definition) is 2. The second-order valence-electron chi connectivity index (χ2n) is 6.71. The molecule has 0 aliphatic heterocycles. The van der Waals surface area contributed by atoms with Crippen LogP contribution in [0, 0.1) is 11.6 Å². The topological polar surface area (TPSA) is 54.0 Å². The lowest BCUT2D eigenvalue weighted by molar-refractivity contribution is -0.139. The van der Waals surface area contributed by atoms with Crippen LogP contribution < -0.4 is 10.6 Å². The molecule has 3 rings (SSSR count). The quantitative estimate of drug-likeness (QED) is 0.435. The van der Waals surface area contributed by atoms with Gasteiger partial charge in [0, 0.05) is 12.3 Å². The molecule has 0 aliphatic rings. The minimum Gasteiger partial charge on any atom is -0.325 e. The Hall–Kier alpha value is -3.70. The molecule has 1 atom stereocenters. The van der Waals surface area contributed by atoms with Gasteiger partial charge in [0.2, 0.25) is 0 Å². The Morgan fingerprint density at radius 1 is 0.879 bits per heavy atom. The first-order valence-electron chi connectivity index (χ1n) is 9.08. The van der Waals surface area contributed by atoms with E-state index in [0.29, 0.717) is 24.3 Å². The van der Waals surface area contributed by atoms with Crippen molar-refractivity contribution in [2.45, 2.75) is 18.4 Å². The van der Waals surface area contributed by atoms with Crippen molar-refractivity contribution < 1.29 is 39.9 Å². The van der Waals surface area contributed by atoms with Crippen LogP contribution in [-0.2, 0) is 12.4 Å². The molecular formula is C21H13F8N3O. The number of nitrogens with one attached hydrogen (secondary N) is 2. The highest BCUT2D eigenvalue weighted by Crippen LogP contribution is 2.36. The number of benzene rings is 2. The third kappa shape index (κ3) is 5.76. The third-order valence-corrected chi connectivity index (χ3v) is 4.44. The van der Waals surface area contributed by atoms with Crippen LogP contribution in [0.5, 0.6) is 0 Å². The van der Waals surface area contributed by atoms with E-state index in [0.717, 1.165) is 36.5 Å². The van der Waals surface area contributed by atoms with E-state index < -0.39 is 58.6 Å². The number of rotatable bonds is 4. The van der Waals surface area contributed by atoms with Crippen LogP contribution in [-0.4, -0.2) is 11.0 Å². The van der Waals surface area contributed by atoms with E-state index in [1.54, 1.807) is 0 Å². The fourth-order valence-corrected chi connectivity index (χ4v) is 2.94. The van der Waals surface area contributed by atoms with Gasteiger partial charge < -0.3 is 10.6 Å². The molecule has 0 saturated carbocycles. The zero-order valence-electron chi connectivity index (χ0n) is 16.2. The van der Waals surface area contributed by atoms with Crippen molar-refractivity contribution in [3.63, 3.8) is 0 Å². The summed E-state index contributed by atoms with van der Waals surface area (Å²) in [5.41, 5.74) is -3.61. The average Bonchev–Trinajstić information content (AvgIpc) is 2.73. The highest BCUT2D eigenvalue weighted by Gasteiger charge is 2.37. The Morgan fingerprint density at radius 2 is 1.55 bits per heavy atom. The summed E-state index contributed by atoms with van der Waals surface area (Å²) in [6.45, 7) is 0. The summed E-state index contributed by atoms with van der Waals surface area (Å²) in [7, 11) is 0. The Morgan fingerprint density at radius 3 is 2.12 bits per heavy atom. The summed E-state index contributed by atoms with van der Waals surface area (Å²) in [6, 6.07) is 4.09. The predicted octanol–water partition coefficient (Wildman–Crippen LogP) is 6.31. The zero-order valence-corrected chi connectivity index (χ0v) is 16.2. The van der Waals surface area contributed by atoms with E-state index in [2.05, 4.69) is 10.3 Å². The number of alkyl halides is 6. The molecule has 1 aromatic heterocycles. The largest absolute Gasteiger partial charge is 0.418 e. The number of pyridine rings is 1. The summed E-state index contributed by atoms with van der Waals surface area (Å²) in [5, 5.41) is 4.18. The molecule has 0 radical (unpaired) electrons. The van der Waals surface area contributed by atoms with Gasteiger partial charge in [-0.05, 0) is 42.0 Å². The summed E-state index contributed by atoms with van der Waals surface area (Å²) in [6.07, 6.45) is -8.57. The molecule has 2 N–H and O–H groups in total. The van der Waals surface area contributed by atoms with Gasteiger partial charge in [0.15, 0.2) is 0 Å². The van der Waals surface area contributed by atoms with Gasteiger partial charge in [-0.3, -0.25) is 4.98 Å². The second-order valence-corrected chi connectivity index (χ2v) is 6.71. The van der Waals surface area contributed by atoms with Gasteiger partial charge >= 0.3 is 18.4 Å².